The highest BCUT2D eigenvalue weighted by Gasteiger charge is 2.21. The molecule has 0 saturated heterocycles. The molecule has 0 fully saturated rings. The minimum Gasteiger partial charge on any atom is -0.489 e. The summed E-state index contributed by atoms with van der Waals surface area (Å²) >= 11 is 0. The van der Waals surface area contributed by atoms with Crippen LogP contribution in [-0.2, 0) is 4.79 Å². The van der Waals surface area contributed by atoms with Crippen molar-refractivity contribution in [2.24, 2.45) is 0 Å². The average Bonchev–Trinajstić information content (AvgIpc) is 2.43. The summed E-state index contributed by atoms with van der Waals surface area (Å²) in [6, 6.07) is 13.3. The number of ether oxygens (including phenoxy) is 1. The number of rotatable bonds is 5. The Morgan fingerprint density at radius 2 is 1.95 bits per heavy atom. The molecule has 0 heterocycles. The van der Waals surface area contributed by atoms with E-state index in [1.54, 1.807) is 36.4 Å². The lowest BCUT2D eigenvalue weighted by molar-refractivity contribution is -0.139. The number of hydrogen-bond donors (Lipinski definition) is 1. The van der Waals surface area contributed by atoms with Crippen molar-refractivity contribution in [3.05, 3.63) is 65.5 Å². The summed E-state index contributed by atoms with van der Waals surface area (Å²) in [5, 5.41) is 9.25. The molecule has 0 radical (unpaired) electrons. The molecular weight excluding hydrogens is 259 g/mol. The van der Waals surface area contributed by atoms with Crippen molar-refractivity contribution >= 4 is 5.97 Å². The fourth-order valence-electron chi connectivity index (χ4n) is 1.89. The fourth-order valence-corrected chi connectivity index (χ4v) is 1.89. The quantitative estimate of drug-likeness (QED) is 0.909. The van der Waals surface area contributed by atoms with Gasteiger partial charge in [0.25, 0.3) is 0 Å². The van der Waals surface area contributed by atoms with Gasteiger partial charge < -0.3 is 9.84 Å². The Kier molecular flexibility index (Phi) is 4.35. The highest BCUT2D eigenvalue weighted by atomic mass is 19.1. The van der Waals surface area contributed by atoms with Crippen molar-refractivity contribution in [2.75, 3.05) is 6.61 Å². The van der Waals surface area contributed by atoms with E-state index in [0.717, 1.165) is 5.56 Å². The molecule has 2 rings (SSSR count). The van der Waals surface area contributed by atoms with Gasteiger partial charge in [-0.3, -0.25) is 4.79 Å². The number of carboxylic acids is 1. The van der Waals surface area contributed by atoms with Gasteiger partial charge in [0, 0.05) is 0 Å². The third kappa shape index (κ3) is 3.35. The number of carbonyl (C=O) groups is 1. The topological polar surface area (TPSA) is 46.5 Å². The minimum absolute atomic E-state index is 0.0761. The molecule has 0 amide bonds. The number of benzene rings is 2. The third-order valence-corrected chi connectivity index (χ3v) is 2.99. The Labute approximate surface area is 116 Å². The van der Waals surface area contributed by atoms with Crippen molar-refractivity contribution in [2.45, 2.75) is 12.8 Å². The minimum atomic E-state index is -0.996. The van der Waals surface area contributed by atoms with Gasteiger partial charge in [-0.05, 0) is 30.2 Å². The third-order valence-electron chi connectivity index (χ3n) is 2.99. The predicted octanol–water partition coefficient (Wildman–Crippen LogP) is 3.38. The maximum Gasteiger partial charge on any atom is 0.314 e. The van der Waals surface area contributed by atoms with Crippen LogP contribution in [0.2, 0.25) is 0 Å². The first kappa shape index (κ1) is 14.1. The van der Waals surface area contributed by atoms with Crippen LogP contribution in [0.3, 0.4) is 0 Å². The first-order valence-electron chi connectivity index (χ1n) is 6.24. The van der Waals surface area contributed by atoms with Crippen molar-refractivity contribution in [3.63, 3.8) is 0 Å². The number of aliphatic carboxylic acids is 1. The molecule has 2 aromatic rings. The zero-order valence-electron chi connectivity index (χ0n) is 11.0. The summed E-state index contributed by atoms with van der Waals surface area (Å²) in [6.45, 7) is 1.71. The van der Waals surface area contributed by atoms with Crippen LogP contribution in [-0.4, -0.2) is 17.7 Å². The van der Waals surface area contributed by atoms with Gasteiger partial charge >= 0.3 is 5.97 Å². The van der Waals surface area contributed by atoms with Crippen molar-refractivity contribution < 1.29 is 19.0 Å². The second kappa shape index (κ2) is 6.19. The van der Waals surface area contributed by atoms with Gasteiger partial charge in [0.2, 0.25) is 0 Å². The average molecular weight is 274 g/mol. The number of aryl methyl sites for hydroxylation is 1. The zero-order valence-corrected chi connectivity index (χ0v) is 11.0. The van der Waals surface area contributed by atoms with Gasteiger partial charge in [-0.25, -0.2) is 4.39 Å². The molecule has 0 saturated carbocycles. The van der Waals surface area contributed by atoms with E-state index in [-0.39, 0.29) is 12.4 Å². The van der Waals surface area contributed by atoms with E-state index < -0.39 is 17.7 Å². The Balaban J connectivity index is 2.14. The van der Waals surface area contributed by atoms with Crippen molar-refractivity contribution in [3.8, 4) is 5.75 Å². The zero-order chi connectivity index (χ0) is 14.5. The number of carboxylic acid groups (broad SMARTS) is 1. The standard InChI is InChI=1S/C16H15FO3/c1-11-7-8-14(17)15(9-11)20-10-13(16(18)19)12-5-3-2-4-6-12/h2-9,13H,10H2,1H3,(H,18,19). The largest absolute Gasteiger partial charge is 0.489 e. The second-order valence-corrected chi connectivity index (χ2v) is 4.55. The monoisotopic (exact) mass is 274 g/mol. The number of halogens is 1. The van der Waals surface area contributed by atoms with E-state index in [9.17, 15) is 14.3 Å². The Morgan fingerprint density at radius 3 is 2.60 bits per heavy atom. The van der Waals surface area contributed by atoms with Gasteiger partial charge in [-0.15, -0.1) is 0 Å². The molecule has 0 bridgehead atoms. The van der Waals surface area contributed by atoms with Gasteiger partial charge in [0.15, 0.2) is 11.6 Å². The Hall–Kier alpha value is -2.36. The molecule has 4 heteroatoms. The van der Waals surface area contributed by atoms with Crippen LogP contribution in [0, 0.1) is 12.7 Å². The predicted molar refractivity (Wildman–Crippen MR) is 73.5 cm³/mol. The maximum absolute atomic E-state index is 13.6. The summed E-state index contributed by atoms with van der Waals surface area (Å²) in [6.07, 6.45) is 0. The lowest BCUT2D eigenvalue weighted by Crippen LogP contribution is -2.19. The SMILES string of the molecule is Cc1ccc(F)c(OCC(C(=O)O)c2ccccc2)c1. The second-order valence-electron chi connectivity index (χ2n) is 4.55. The molecule has 0 aliphatic carbocycles. The van der Waals surface area contributed by atoms with Crippen LogP contribution >= 0.6 is 0 Å². The number of hydrogen-bond acceptors (Lipinski definition) is 2. The summed E-state index contributed by atoms with van der Waals surface area (Å²) in [4.78, 5) is 11.3. The first-order chi connectivity index (χ1) is 9.58. The van der Waals surface area contributed by atoms with Gasteiger partial charge in [-0.1, -0.05) is 36.4 Å². The van der Waals surface area contributed by atoms with Crippen LogP contribution in [0.25, 0.3) is 0 Å². The van der Waals surface area contributed by atoms with Crippen molar-refractivity contribution in [1.29, 1.82) is 0 Å². The highest BCUT2D eigenvalue weighted by molar-refractivity contribution is 5.76. The molecule has 0 spiro atoms. The lowest BCUT2D eigenvalue weighted by atomic mass is 10.0. The molecule has 0 aliphatic heterocycles. The molecule has 0 aromatic heterocycles. The van der Waals surface area contributed by atoms with E-state index in [0.29, 0.717) is 5.56 Å². The summed E-state index contributed by atoms with van der Waals surface area (Å²) in [5.74, 6) is -2.24. The normalized spacial score (nSPS) is 11.9. The maximum atomic E-state index is 13.6. The van der Waals surface area contributed by atoms with Crippen molar-refractivity contribution in [1.82, 2.24) is 0 Å². The van der Waals surface area contributed by atoms with Gasteiger partial charge in [-0.2, -0.15) is 0 Å². The molecule has 0 aliphatic rings. The van der Waals surface area contributed by atoms with Gasteiger partial charge in [0.1, 0.15) is 12.5 Å². The Morgan fingerprint density at radius 1 is 1.25 bits per heavy atom. The summed E-state index contributed by atoms with van der Waals surface area (Å²) in [5.41, 5.74) is 1.49. The molecular formula is C16H15FO3. The van der Waals surface area contributed by atoms with Crippen LogP contribution in [0.15, 0.2) is 48.5 Å². The van der Waals surface area contributed by atoms with E-state index in [1.165, 1.54) is 6.07 Å². The van der Waals surface area contributed by atoms with Crippen LogP contribution < -0.4 is 4.74 Å². The fraction of sp³-hybridized carbons (Fsp3) is 0.188. The van der Waals surface area contributed by atoms with Crippen LogP contribution in [0.1, 0.15) is 17.0 Å². The first-order valence-corrected chi connectivity index (χ1v) is 6.24. The summed E-state index contributed by atoms with van der Waals surface area (Å²) < 4.78 is 18.9. The molecule has 1 atom stereocenters. The molecule has 104 valence electrons. The molecule has 1 N–H and O–H groups in total. The Bertz CT molecular complexity index is 596. The molecule has 20 heavy (non-hydrogen) atoms. The molecule has 1 unspecified atom stereocenters. The molecule has 2 aromatic carbocycles. The van der Waals surface area contributed by atoms with Crippen LogP contribution in [0.4, 0.5) is 4.39 Å². The summed E-state index contributed by atoms with van der Waals surface area (Å²) in [7, 11) is 0. The lowest BCUT2D eigenvalue weighted by Gasteiger charge is -2.14. The van der Waals surface area contributed by atoms with Gasteiger partial charge in [0.05, 0.1) is 0 Å². The van der Waals surface area contributed by atoms with E-state index in [2.05, 4.69) is 0 Å². The van der Waals surface area contributed by atoms with Crippen LogP contribution in [0.5, 0.6) is 5.75 Å². The van der Waals surface area contributed by atoms with E-state index >= 15 is 0 Å². The van der Waals surface area contributed by atoms with E-state index in [1.807, 2.05) is 13.0 Å². The highest BCUT2D eigenvalue weighted by Crippen LogP contribution is 2.22. The van der Waals surface area contributed by atoms with E-state index in [4.69, 9.17) is 4.74 Å². The molecule has 3 nitrogen and oxygen atoms in total. The smallest absolute Gasteiger partial charge is 0.314 e.